The van der Waals surface area contributed by atoms with Gasteiger partial charge in [-0.15, -0.1) is 0 Å². The van der Waals surface area contributed by atoms with Crippen LogP contribution in [0.2, 0.25) is 0 Å². The zero-order chi connectivity index (χ0) is 16.9. The second kappa shape index (κ2) is 7.14. The summed E-state index contributed by atoms with van der Waals surface area (Å²) >= 11 is 0. The molecular weight excluding hydrogens is 308 g/mol. The van der Waals surface area contributed by atoms with Crippen LogP contribution in [0.1, 0.15) is 5.56 Å². The number of methoxy groups -OCH3 is 1. The number of nitrogens with zero attached hydrogens (tertiary/aromatic N) is 1. The summed E-state index contributed by atoms with van der Waals surface area (Å²) in [5.74, 6) is 0.676. The fourth-order valence-corrected chi connectivity index (χ4v) is 2.50. The van der Waals surface area contributed by atoms with Gasteiger partial charge in [0.2, 0.25) is 0 Å². The molecule has 0 amide bonds. The second-order valence-electron chi connectivity index (χ2n) is 5.36. The monoisotopic (exact) mass is 326 g/mol. The average Bonchev–Trinajstić information content (AvgIpc) is 2.59. The van der Waals surface area contributed by atoms with Crippen LogP contribution in [0.4, 0.5) is 0 Å². The van der Waals surface area contributed by atoms with Gasteiger partial charge in [0.25, 0.3) is 5.56 Å². The standard InChI is InChI=1S/C18H18N2O4/c1-23-9-10-24-14-6-4-5-13(11-14)12-20-17(21)15-7-2-3-8-16(15)19-18(20)22/h2-8,11H,9-10,12H2,1H3,(H,19,22). The number of ether oxygens (including phenoxy) is 2. The van der Waals surface area contributed by atoms with Crippen molar-refractivity contribution in [3.63, 3.8) is 0 Å². The van der Waals surface area contributed by atoms with Crippen molar-refractivity contribution in [2.75, 3.05) is 20.3 Å². The first-order valence-corrected chi connectivity index (χ1v) is 7.61. The summed E-state index contributed by atoms with van der Waals surface area (Å²) in [5.41, 5.74) is 0.623. The Balaban J connectivity index is 1.91. The van der Waals surface area contributed by atoms with E-state index in [-0.39, 0.29) is 12.1 Å². The molecule has 0 bridgehead atoms. The first kappa shape index (κ1) is 16.0. The van der Waals surface area contributed by atoms with Gasteiger partial charge in [0, 0.05) is 7.11 Å². The fraction of sp³-hybridized carbons (Fsp3) is 0.222. The third-order valence-electron chi connectivity index (χ3n) is 3.68. The lowest BCUT2D eigenvalue weighted by Crippen LogP contribution is -2.35. The summed E-state index contributed by atoms with van der Waals surface area (Å²) in [7, 11) is 1.61. The number of nitrogens with one attached hydrogen (secondary N) is 1. The van der Waals surface area contributed by atoms with Crippen LogP contribution in [0.3, 0.4) is 0 Å². The molecule has 0 aliphatic rings. The van der Waals surface area contributed by atoms with Gasteiger partial charge in [0.1, 0.15) is 12.4 Å². The summed E-state index contributed by atoms with van der Waals surface area (Å²) in [6, 6.07) is 14.3. The highest BCUT2D eigenvalue weighted by molar-refractivity contribution is 5.76. The topological polar surface area (TPSA) is 73.3 Å². The number of hydrogen-bond donors (Lipinski definition) is 1. The number of aromatic nitrogens is 2. The highest BCUT2D eigenvalue weighted by Gasteiger charge is 2.08. The van der Waals surface area contributed by atoms with Crippen molar-refractivity contribution in [2.45, 2.75) is 6.54 Å². The predicted molar refractivity (Wildman–Crippen MR) is 91.7 cm³/mol. The van der Waals surface area contributed by atoms with Crippen LogP contribution < -0.4 is 16.0 Å². The molecule has 1 aromatic heterocycles. The van der Waals surface area contributed by atoms with Crippen LogP contribution in [0.5, 0.6) is 5.75 Å². The van der Waals surface area contributed by atoms with Crippen LogP contribution >= 0.6 is 0 Å². The lowest BCUT2D eigenvalue weighted by Gasteiger charge is -2.09. The third-order valence-corrected chi connectivity index (χ3v) is 3.68. The summed E-state index contributed by atoms with van der Waals surface area (Å²) in [5, 5.41) is 0.490. The van der Waals surface area contributed by atoms with Crippen molar-refractivity contribution in [3.05, 3.63) is 74.9 Å². The Kier molecular flexibility index (Phi) is 4.77. The molecule has 24 heavy (non-hydrogen) atoms. The van der Waals surface area contributed by atoms with Gasteiger partial charge in [-0.1, -0.05) is 24.3 Å². The molecule has 0 radical (unpaired) electrons. The molecule has 1 N–H and O–H groups in total. The van der Waals surface area contributed by atoms with E-state index in [9.17, 15) is 9.59 Å². The number of aromatic amines is 1. The molecule has 0 aliphatic carbocycles. The zero-order valence-electron chi connectivity index (χ0n) is 13.3. The molecule has 0 atom stereocenters. The third kappa shape index (κ3) is 3.38. The van der Waals surface area contributed by atoms with Gasteiger partial charge in [-0.2, -0.15) is 0 Å². The van der Waals surface area contributed by atoms with Gasteiger partial charge in [-0.3, -0.25) is 9.36 Å². The van der Waals surface area contributed by atoms with Crippen molar-refractivity contribution in [1.82, 2.24) is 9.55 Å². The molecule has 124 valence electrons. The first-order chi connectivity index (χ1) is 11.7. The molecule has 0 saturated carbocycles. The van der Waals surface area contributed by atoms with E-state index in [0.717, 1.165) is 5.56 Å². The highest BCUT2D eigenvalue weighted by Crippen LogP contribution is 2.14. The Morgan fingerprint density at radius 1 is 1.04 bits per heavy atom. The Bertz CT molecular complexity index is 959. The quantitative estimate of drug-likeness (QED) is 0.701. The van der Waals surface area contributed by atoms with Crippen LogP contribution in [0.15, 0.2) is 58.1 Å². The van der Waals surface area contributed by atoms with E-state index in [2.05, 4.69) is 4.98 Å². The second-order valence-corrected chi connectivity index (χ2v) is 5.36. The molecular formula is C18H18N2O4. The van der Waals surface area contributed by atoms with Crippen LogP contribution in [-0.2, 0) is 11.3 Å². The van der Waals surface area contributed by atoms with Gasteiger partial charge < -0.3 is 14.5 Å². The molecule has 2 aromatic carbocycles. The van der Waals surface area contributed by atoms with Crippen LogP contribution in [0, 0.1) is 0 Å². The molecule has 6 nitrogen and oxygen atoms in total. The minimum absolute atomic E-state index is 0.181. The fourth-order valence-electron chi connectivity index (χ4n) is 2.50. The van der Waals surface area contributed by atoms with Crippen LogP contribution in [-0.4, -0.2) is 29.9 Å². The summed E-state index contributed by atoms with van der Waals surface area (Å²) in [6.07, 6.45) is 0. The van der Waals surface area contributed by atoms with Crippen molar-refractivity contribution < 1.29 is 9.47 Å². The number of H-pyrrole nitrogens is 1. The molecule has 0 spiro atoms. The summed E-state index contributed by atoms with van der Waals surface area (Å²) < 4.78 is 11.7. The summed E-state index contributed by atoms with van der Waals surface area (Å²) in [6.45, 7) is 1.12. The largest absolute Gasteiger partial charge is 0.491 e. The minimum Gasteiger partial charge on any atom is -0.491 e. The molecule has 1 heterocycles. The minimum atomic E-state index is -0.426. The molecule has 6 heteroatoms. The van der Waals surface area contributed by atoms with Crippen molar-refractivity contribution >= 4 is 10.9 Å². The maximum absolute atomic E-state index is 12.5. The van der Waals surface area contributed by atoms with E-state index in [1.165, 1.54) is 4.57 Å². The average molecular weight is 326 g/mol. The van der Waals surface area contributed by atoms with Crippen LogP contribution in [0.25, 0.3) is 10.9 Å². The number of hydrogen-bond acceptors (Lipinski definition) is 4. The number of fused-ring (bicyclic) bond motifs is 1. The number of para-hydroxylation sites is 1. The van der Waals surface area contributed by atoms with Crippen molar-refractivity contribution in [2.24, 2.45) is 0 Å². The Hall–Kier alpha value is -2.86. The highest BCUT2D eigenvalue weighted by atomic mass is 16.5. The van der Waals surface area contributed by atoms with E-state index in [1.807, 2.05) is 24.3 Å². The SMILES string of the molecule is COCCOc1cccc(Cn2c(=O)[nH]c3ccccc3c2=O)c1. The lowest BCUT2D eigenvalue weighted by atomic mass is 10.2. The van der Waals surface area contributed by atoms with Crippen molar-refractivity contribution in [1.29, 1.82) is 0 Å². The van der Waals surface area contributed by atoms with E-state index in [0.29, 0.717) is 29.9 Å². The van der Waals surface area contributed by atoms with E-state index < -0.39 is 5.69 Å². The maximum Gasteiger partial charge on any atom is 0.329 e. The van der Waals surface area contributed by atoms with Gasteiger partial charge in [0.05, 0.1) is 24.1 Å². The van der Waals surface area contributed by atoms with Gasteiger partial charge in [-0.25, -0.2) is 4.79 Å². The van der Waals surface area contributed by atoms with E-state index in [1.54, 1.807) is 31.4 Å². The number of benzene rings is 2. The number of rotatable bonds is 6. The normalized spacial score (nSPS) is 10.9. The van der Waals surface area contributed by atoms with Gasteiger partial charge in [0.15, 0.2) is 0 Å². The smallest absolute Gasteiger partial charge is 0.329 e. The Morgan fingerprint density at radius 3 is 2.71 bits per heavy atom. The molecule has 0 fully saturated rings. The molecule has 3 rings (SSSR count). The van der Waals surface area contributed by atoms with E-state index in [4.69, 9.17) is 9.47 Å². The zero-order valence-corrected chi connectivity index (χ0v) is 13.3. The first-order valence-electron chi connectivity index (χ1n) is 7.61. The predicted octanol–water partition coefficient (Wildman–Crippen LogP) is 1.76. The molecule has 0 saturated heterocycles. The summed E-state index contributed by atoms with van der Waals surface area (Å²) in [4.78, 5) is 27.5. The Labute approximate surface area is 138 Å². The lowest BCUT2D eigenvalue weighted by molar-refractivity contribution is 0.146. The Morgan fingerprint density at radius 2 is 1.88 bits per heavy atom. The van der Waals surface area contributed by atoms with Crippen molar-refractivity contribution in [3.8, 4) is 5.75 Å². The maximum atomic E-state index is 12.5. The molecule has 0 unspecified atom stereocenters. The van der Waals surface area contributed by atoms with Gasteiger partial charge in [-0.05, 0) is 29.8 Å². The molecule has 3 aromatic rings. The molecule has 0 aliphatic heterocycles. The van der Waals surface area contributed by atoms with E-state index >= 15 is 0 Å². The van der Waals surface area contributed by atoms with Gasteiger partial charge >= 0.3 is 5.69 Å².